The summed E-state index contributed by atoms with van der Waals surface area (Å²) in [5, 5.41) is 12.8. The number of rotatable bonds is 5. The van der Waals surface area contributed by atoms with Gasteiger partial charge in [-0.2, -0.15) is 0 Å². The molecule has 2 rings (SSSR count). The third kappa shape index (κ3) is 4.16. The van der Waals surface area contributed by atoms with Gasteiger partial charge in [0, 0.05) is 4.90 Å². The van der Waals surface area contributed by atoms with Gasteiger partial charge in [0.25, 0.3) is 0 Å². The lowest BCUT2D eigenvalue weighted by molar-refractivity contribution is -0.140. The Morgan fingerprint density at radius 1 is 1.38 bits per heavy atom. The SMILES string of the molecule is CC#CCOc1ccc(SC2(C(=O)O)CCNCC2)cc1. The van der Waals surface area contributed by atoms with E-state index in [9.17, 15) is 9.90 Å². The van der Waals surface area contributed by atoms with E-state index >= 15 is 0 Å². The Balaban J connectivity index is 2.03. The maximum atomic E-state index is 11.6. The van der Waals surface area contributed by atoms with Crippen LogP contribution >= 0.6 is 11.8 Å². The number of thioether (sulfide) groups is 1. The fraction of sp³-hybridized carbons (Fsp3) is 0.438. The van der Waals surface area contributed by atoms with Crippen molar-refractivity contribution in [2.24, 2.45) is 0 Å². The van der Waals surface area contributed by atoms with Crippen molar-refractivity contribution in [2.45, 2.75) is 29.4 Å². The Bertz CT molecular complexity index is 539. The Morgan fingerprint density at radius 3 is 2.62 bits per heavy atom. The Kier molecular flexibility index (Phi) is 5.54. The van der Waals surface area contributed by atoms with Gasteiger partial charge in [-0.1, -0.05) is 5.92 Å². The zero-order valence-corrected chi connectivity index (χ0v) is 12.8. The minimum absolute atomic E-state index is 0.369. The van der Waals surface area contributed by atoms with Crippen LogP contribution in [0.2, 0.25) is 0 Å². The Morgan fingerprint density at radius 2 is 2.05 bits per heavy atom. The molecule has 0 spiro atoms. The van der Waals surface area contributed by atoms with Crippen LogP contribution in [0.5, 0.6) is 5.75 Å². The highest BCUT2D eigenvalue weighted by Crippen LogP contribution is 2.40. The van der Waals surface area contributed by atoms with Crippen molar-refractivity contribution >= 4 is 17.7 Å². The number of aliphatic carboxylic acids is 1. The summed E-state index contributed by atoms with van der Waals surface area (Å²) in [6.07, 6.45) is 1.27. The van der Waals surface area contributed by atoms with Gasteiger partial charge < -0.3 is 15.2 Å². The predicted molar refractivity (Wildman–Crippen MR) is 83.7 cm³/mol. The molecule has 1 aliphatic rings. The first-order valence-electron chi connectivity index (χ1n) is 6.92. The van der Waals surface area contributed by atoms with Crippen LogP contribution in [0.1, 0.15) is 19.8 Å². The summed E-state index contributed by atoms with van der Waals surface area (Å²) in [4.78, 5) is 12.6. The second-order valence-electron chi connectivity index (χ2n) is 4.84. The lowest BCUT2D eigenvalue weighted by atomic mass is 9.97. The molecule has 1 aromatic carbocycles. The Labute approximate surface area is 129 Å². The van der Waals surface area contributed by atoms with Gasteiger partial charge >= 0.3 is 5.97 Å². The average Bonchev–Trinajstić information content (AvgIpc) is 2.50. The molecule has 21 heavy (non-hydrogen) atoms. The van der Waals surface area contributed by atoms with Crippen molar-refractivity contribution in [3.8, 4) is 17.6 Å². The van der Waals surface area contributed by atoms with Gasteiger partial charge in [0.05, 0.1) is 0 Å². The highest BCUT2D eigenvalue weighted by Gasteiger charge is 2.40. The molecule has 0 aromatic heterocycles. The van der Waals surface area contributed by atoms with Crippen LogP contribution in [0.4, 0.5) is 0 Å². The molecule has 4 nitrogen and oxygen atoms in total. The van der Waals surface area contributed by atoms with Gasteiger partial charge in [0.2, 0.25) is 0 Å². The fourth-order valence-corrected chi connectivity index (χ4v) is 3.43. The van der Waals surface area contributed by atoms with Crippen LogP contribution in [-0.2, 0) is 4.79 Å². The quantitative estimate of drug-likeness (QED) is 0.818. The van der Waals surface area contributed by atoms with Gasteiger partial charge in [0.1, 0.15) is 17.1 Å². The third-order valence-corrected chi connectivity index (χ3v) is 4.91. The van der Waals surface area contributed by atoms with E-state index in [1.54, 1.807) is 6.92 Å². The molecule has 0 bridgehead atoms. The zero-order valence-electron chi connectivity index (χ0n) is 12.0. The first-order chi connectivity index (χ1) is 10.2. The third-order valence-electron chi connectivity index (χ3n) is 3.43. The second kappa shape index (κ2) is 7.39. The summed E-state index contributed by atoms with van der Waals surface area (Å²) in [7, 11) is 0. The molecule has 112 valence electrons. The van der Waals surface area contributed by atoms with Crippen molar-refractivity contribution in [3.05, 3.63) is 24.3 Å². The van der Waals surface area contributed by atoms with Crippen LogP contribution in [-0.4, -0.2) is 35.5 Å². The Hall–Kier alpha value is -1.64. The van der Waals surface area contributed by atoms with Gasteiger partial charge in [-0.25, -0.2) is 0 Å². The molecule has 0 atom stereocenters. The molecule has 0 saturated carbocycles. The van der Waals surface area contributed by atoms with Crippen molar-refractivity contribution < 1.29 is 14.6 Å². The summed E-state index contributed by atoms with van der Waals surface area (Å²) >= 11 is 1.43. The highest BCUT2D eigenvalue weighted by molar-refractivity contribution is 8.01. The zero-order chi connectivity index (χ0) is 15.1. The second-order valence-corrected chi connectivity index (χ2v) is 6.30. The van der Waals surface area contributed by atoms with E-state index in [1.807, 2.05) is 24.3 Å². The standard InChI is InChI=1S/C16H19NO3S/c1-2-3-12-20-13-4-6-14(7-5-13)21-16(15(18)19)8-10-17-11-9-16/h4-7,17H,8-12H2,1H3,(H,18,19). The number of carbonyl (C=O) groups is 1. The van der Waals surface area contributed by atoms with Crippen LogP contribution in [0.15, 0.2) is 29.2 Å². The predicted octanol–water partition coefficient (Wildman–Crippen LogP) is 2.39. The van der Waals surface area contributed by atoms with E-state index < -0.39 is 10.7 Å². The first kappa shape index (κ1) is 15.7. The minimum Gasteiger partial charge on any atom is -0.481 e. The molecule has 5 heteroatoms. The molecule has 0 amide bonds. The van der Waals surface area contributed by atoms with Crippen molar-refractivity contribution in [3.63, 3.8) is 0 Å². The molecule has 0 unspecified atom stereocenters. The molecule has 1 aliphatic heterocycles. The number of piperidine rings is 1. The van der Waals surface area contributed by atoms with Crippen LogP contribution in [0, 0.1) is 11.8 Å². The molecular weight excluding hydrogens is 286 g/mol. The molecule has 0 radical (unpaired) electrons. The maximum Gasteiger partial charge on any atom is 0.320 e. The number of nitrogens with one attached hydrogen (secondary N) is 1. The van der Waals surface area contributed by atoms with Gasteiger partial charge in [0.15, 0.2) is 0 Å². The number of benzene rings is 1. The summed E-state index contributed by atoms with van der Waals surface area (Å²) in [6.45, 7) is 3.63. The monoisotopic (exact) mass is 305 g/mol. The number of hydrogen-bond acceptors (Lipinski definition) is 4. The van der Waals surface area contributed by atoms with Crippen molar-refractivity contribution in [2.75, 3.05) is 19.7 Å². The lowest BCUT2D eigenvalue weighted by Crippen LogP contribution is -2.45. The molecule has 1 saturated heterocycles. The van der Waals surface area contributed by atoms with Gasteiger partial charge in [-0.15, -0.1) is 17.7 Å². The highest BCUT2D eigenvalue weighted by atomic mass is 32.2. The number of ether oxygens (including phenoxy) is 1. The fourth-order valence-electron chi connectivity index (χ4n) is 2.21. The van der Waals surface area contributed by atoms with Crippen molar-refractivity contribution in [1.82, 2.24) is 5.32 Å². The molecule has 1 heterocycles. The van der Waals surface area contributed by atoms with Gasteiger partial charge in [-0.05, 0) is 57.1 Å². The summed E-state index contributed by atoms with van der Waals surface area (Å²) in [5.41, 5.74) is 0. The van der Waals surface area contributed by atoms with E-state index in [-0.39, 0.29) is 0 Å². The van der Waals surface area contributed by atoms with E-state index in [1.165, 1.54) is 11.8 Å². The van der Waals surface area contributed by atoms with Crippen molar-refractivity contribution in [1.29, 1.82) is 0 Å². The molecule has 0 aliphatic carbocycles. The smallest absolute Gasteiger partial charge is 0.320 e. The van der Waals surface area contributed by atoms with Gasteiger partial charge in [-0.3, -0.25) is 4.79 Å². The van der Waals surface area contributed by atoms with Crippen LogP contribution in [0.25, 0.3) is 0 Å². The van der Waals surface area contributed by atoms with Crippen LogP contribution in [0.3, 0.4) is 0 Å². The largest absolute Gasteiger partial charge is 0.481 e. The van der Waals surface area contributed by atoms with E-state index in [0.29, 0.717) is 19.4 Å². The van der Waals surface area contributed by atoms with E-state index in [2.05, 4.69) is 17.2 Å². The molecule has 2 N–H and O–H groups in total. The lowest BCUT2D eigenvalue weighted by Gasteiger charge is -2.32. The maximum absolute atomic E-state index is 11.6. The summed E-state index contributed by atoms with van der Waals surface area (Å²) in [5.74, 6) is 5.62. The molecule has 1 aromatic rings. The number of carboxylic acids is 1. The average molecular weight is 305 g/mol. The summed E-state index contributed by atoms with van der Waals surface area (Å²) in [6, 6.07) is 7.53. The molecular formula is C16H19NO3S. The topological polar surface area (TPSA) is 58.6 Å². The first-order valence-corrected chi connectivity index (χ1v) is 7.73. The number of carboxylic acid groups (broad SMARTS) is 1. The molecule has 1 fully saturated rings. The number of hydrogen-bond donors (Lipinski definition) is 2. The van der Waals surface area contributed by atoms with E-state index in [0.717, 1.165) is 23.7 Å². The normalized spacial score (nSPS) is 16.6. The summed E-state index contributed by atoms with van der Waals surface area (Å²) < 4.78 is 4.73. The minimum atomic E-state index is -0.729. The van der Waals surface area contributed by atoms with Crippen LogP contribution < -0.4 is 10.1 Å². The van der Waals surface area contributed by atoms with E-state index in [4.69, 9.17) is 4.74 Å².